The smallest absolute Gasteiger partial charge is 0.0297 e. The van der Waals surface area contributed by atoms with Crippen LogP contribution in [0.2, 0.25) is 0 Å². The molecule has 1 aliphatic rings. The summed E-state index contributed by atoms with van der Waals surface area (Å²) in [5.41, 5.74) is 10.8. The fourth-order valence-corrected chi connectivity index (χ4v) is 2.59. The second-order valence-electron chi connectivity index (χ2n) is 5.62. The largest absolute Gasteiger partial charge is 0.324 e. The Balaban J connectivity index is 2.54. The first kappa shape index (κ1) is 10.7. The summed E-state index contributed by atoms with van der Waals surface area (Å²) in [6.45, 7) is 6.84. The number of rotatable bonds is 0. The molecule has 1 unspecified atom stereocenters. The van der Waals surface area contributed by atoms with E-state index >= 15 is 0 Å². The quantitative estimate of drug-likeness (QED) is 0.687. The molecule has 0 bridgehead atoms. The van der Waals surface area contributed by atoms with Gasteiger partial charge < -0.3 is 5.73 Å². The number of nitrogens with two attached hydrogens (primary N) is 1. The number of benzene rings is 1. The summed E-state index contributed by atoms with van der Waals surface area (Å²) >= 11 is 0. The van der Waals surface area contributed by atoms with Crippen LogP contribution in [-0.2, 0) is 11.8 Å². The van der Waals surface area contributed by atoms with Crippen LogP contribution in [0.3, 0.4) is 0 Å². The van der Waals surface area contributed by atoms with Gasteiger partial charge in [-0.05, 0) is 41.4 Å². The van der Waals surface area contributed by atoms with Gasteiger partial charge in [0.05, 0.1) is 0 Å². The molecule has 0 aliphatic heterocycles. The first-order valence-electron chi connectivity index (χ1n) is 5.88. The van der Waals surface area contributed by atoms with Crippen LogP contribution in [0, 0.1) is 0 Å². The second kappa shape index (κ2) is 3.64. The molecule has 2 rings (SSSR count). The molecule has 0 saturated carbocycles. The molecule has 1 atom stereocenters. The molecular formula is C14H21N. The SMILES string of the molecule is CC(C)(C)c1cccc2c1CCCC2N. The van der Waals surface area contributed by atoms with Gasteiger partial charge in [0.2, 0.25) is 0 Å². The molecule has 0 radical (unpaired) electrons. The Labute approximate surface area is 92.7 Å². The average Bonchev–Trinajstić information content (AvgIpc) is 2.16. The zero-order chi connectivity index (χ0) is 11.1. The van der Waals surface area contributed by atoms with Crippen LogP contribution in [-0.4, -0.2) is 0 Å². The fraction of sp³-hybridized carbons (Fsp3) is 0.571. The number of hydrogen-bond donors (Lipinski definition) is 1. The molecule has 1 aromatic rings. The molecule has 0 fully saturated rings. The van der Waals surface area contributed by atoms with Crippen molar-refractivity contribution in [3.05, 3.63) is 34.9 Å². The van der Waals surface area contributed by atoms with Crippen LogP contribution in [0.4, 0.5) is 0 Å². The highest BCUT2D eigenvalue weighted by molar-refractivity contribution is 5.42. The molecule has 0 amide bonds. The predicted octanol–water partition coefficient (Wildman–Crippen LogP) is 3.32. The Morgan fingerprint density at radius 1 is 1.27 bits per heavy atom. The highest BCUT2D eigenvalue weighted by Crippen LogP contribution is 2.35. The molecular weight excluding hydrogens is 182 g/mol. The first-order valence-corrected chi connectivity index (χ1v) is 5.88. The van der Waals surface area contributed by atoms with Crippen molar-refractivity contribution in [2.75, 3.05) is 0 Å². The fourth-order valence-electron chi connectivity index (χ4n) is 2.59. The molecule has 1 nitrogen and oxygen atoms in total. The Hall–Kier alpha value is -0.820. The van der Waals surface area contributed by atoms with Gasteiger partial charge in [-0.3, -0.25) is 0 Å². The van der Waals surface area contributed by atoms with Crippen LogP contribution in [0.5, 0.6) is 0 Å². The normalized spacial score (nSPS) is 21.2. The van der Waals surface area contributed by atoms with Crippen molar-refractivity contribution in [2.24, 2.45) is 5.73 Å². The molecule has 1 heteroatoms. The molecule has 2 N–H and O–H groups in total. The lowest BCUT2D eigenvalue weighted by atomic mass is 9.77. The second-order valence-corrected chi connectivity index (χ2v) is 5.62. The van der Waals surface area contributed by atoms with Gasteiger partial charge in [-0.1, -0.05) is 39.0 Å². The predicted molar refractivity (Wildman–Crippen MR) is 65.0 cm³/mol. The summed E-state index contributed by atoms with van der Waals surface area (Å²) < 4.78 is 0. The van der Waals surface area contributed by atoms with Crippen LogP contribution in [0.15, 0.2) is 18.2 Å². The standard InChI is InChI=1S/C14H21N/c1-14(2,3)12-8-4-7-11-10(12)6-5-9-13(11)15/h4,7-8,13H,5-6,9,15H2,1-3H3. The molecule has 0 spiro atoms. The third-order valence-electron chi connectivity index (χ3n) is 3.36. The molecule has 1 aliphatic carbocycles. The zero-order valence-electron chi connectivity index (χ0n) is 10.0. The van der Waals surface area contributed by atoms with Crippen LogP contribution in [0.25, 0.3) is 0 Å². The minimum Gasteiger partial charge on any atom is -0.324 e. The van der Waals surface area contributed by atoms with Crippen molar-refractivity contribution in [2.45, 2.75) is 51.5 Å². The van der Waals surface area contributed by atoms with Crippen molar-refractivity contribution in [1.29, 1.82) is 0 Å². The summed E-state index contributed by atoms with van der Waals surface area (Å²) in [7, 11) is 0. The minimum atomic E-state index is 0.238. The van der Waals surface area contributed by atoms with Gasteiger partial charge >= 0.3 is 0 Å². The van der Waals surface area contributed by atoms with Gasteiger partial charge in [0.15, 0.2) is 0 Å². The van der Waals surface area contributed by atoms with E-state index in [4.69, 9.17) is 5.73 Å². The maximum atomic E-state index is 6.16. The summed E-state index contributed by atoms with van der Waals surface area (Å²) in [5, 5.41) is 0. The Morgan fingerprint density at radius 2 is 2.00 bits per heavy atom. The lowest BCUT2D eigenvalue weighted by molar-refractivity contribution is 0.536. The average molecular weight is 203 g/mol. The maximum Gasteiger partial charge on any atom is 0.0297 e. The van der Waals surface area contributed by atoms with E-state index in [9.17, 15) is 0 Å². The Bertz CT molecular complexity index is 360. The molecule has 15 heavy (non-hydrogen) atoms. The van der Waals surface area contributed by atoms with Crippen molar-refractivity contribution in [3.8, 4) is 0 Å². The molecule has 0 heterocycles. The lowest BCUT2D eigenvalue weighted by Gasteiger charge is -2.30. The number of hydrogen-bond acceptors (Lipinski definition) is 1. The van der Waals surface area contributed by atoms with E-state index < -0.39 is 0 Å². The first-order chi connectivity index (χ1) is 7.00. The van der Waals surface area contributed by atoms with E-state index in [2.05, 4.69) is 39.0 Å². The molecule has 0 aromatic heterocycles. The van der Waals surface area contributed by atoms with E-state index in [1.807, 2.05) is 0 Å². The van der Waals surface area contributed by atoms with Crippen molar-refractivity contribution < 1.29 is 0 Å². The Kier molecular flexibility index (Phi) is 2.59. The zero-order valence-corrected chi connectivity index (χ0v) is 10.0. The van der Waals surface area contributed by atoms with Gasteiger partial charge in [0, 0.05) is 6.04 Å². The minimum absolute atomic E-state index is 0.238. The summed E-state index contributed by atoms with van der Waals surface area (Å²) in [6.07, 6.45) is 3.58. The topological polar surface area (TPSA) is 26.0 Å². The highest BCUT2D eigenvalue weighted by atomic mass is 14.6. The van der Waals surface area contributed by atoms with E-state index in [1.54, 1.807) is 0 Å². The van der Waals surface area contributed by atoms with Gasteiger partial charge in [-0.15, -0.1) is 0 Å². The summed E-state index contributed by atoms with van der Waals surface area (Å²) in [5.74, 6) is 0. The van der Waals surface area contributed by atoms with Gasteiger partial charge in [0.1, 0.15) is 0 Å². The van der Waals surface area contributed by atoms with Gasteiger partial charge in [0.25, 0.3) is 0 Å². The number of fused-ring (bicyclic) bond motifs is 1. The third-order valence-corrected chi connectivity index (χ3v) is 3.36. The lowest BCUT2D eigenvalue weighted by Crippen LogP contribution is -2.22. The van der Waals surface area contributed by atoms with Gasteiger partial charge in [-0.25, -0.2) is 0 Å². The Morgan fingerprint density at radius 3 is 2.67 bits per heavy atom. The summed E-state index contributed by atoms with van der Waals surface area (Å²) in [4.78, 5) is 0. The third kappa shape index (κ3) is 1.93. The van der Waals surface area contributed by atoms with Crippen molar-refractivity contribution in [3.63, 3.8) is 0 Å². The van der Waals surface area contributed by atoms with Gasteiger partial charge in [-0.2, -0.15) is 0 Å². The maximum absolute atomic E-state index is 6.16. The van der Waals surface area contributed by atoms with E-state index in [0.29, 0.717) is 0 Å². The molecule has 1 aromatic carbocycles. The van der Waals surface area contributed by atoms with Crippen LogP contribution < -0.4 is 5.73 Å². The van der Waals surface area contributed by atoms with Crippen molar-refractivity contribution >= 4 is 0 Å². The monoisotopic (exact) mass is 203 g/mol. The van der Waals surface area contributed by atoms with E-state index in [-0.39, 0.29) is 11.5 Å². The highest BCUT2D eigenvalue weighted by Gasteiger charge is 2.24. The van der Waals surface area contributed by atoms with E-state index in [0.717, 1.165) is 6.42 Å². The van der Waals surface area contributed by atoms with Crippen molar-refractivity contribution in [1.82, 2.24) is 0 Å². The summed E-state index contributed by atoms with van der Waals surface area (Å²) in [6, 6.07) is 6.88. The van der Waals surface area contributed by atoms with E-state index in [1.165, 1.54) is 29.5 Å². The molecule has 0 saturated heterocycles. The van der Waals surface area contributed by atoms with Crippen LogP contribution in [0.1, 0.15) is 56.3 Å². The van der Waals surface area contributed by atoms with Crippen LogP contribution >= 0.6 is 0 Å². The molecule has 82 valence electrons.